The summed E-state index contributed by atoms with van der Waals surface area (Å²) in [5.41, 5.74) is 0.603. The maximum Gasteiger partial charge on any atom is 0.303 e. The molecule has 0 spiro atoms. The summed E-state index contributed by atoms with van der Waals surface area (Å²) < 4.78 is 26.2. The molecule has 1 saturated heterocycles. The molecule has 5 heteroatoms. The first-order chi connectivity index (χ1) is 9.02. The van der Waals surface area contributed by atoms with E-state index in [1.54, 1.807) is 0 Å². The highest BCUT2D eigenvalue weighted by atomic mass is 19.1. The minimum atomic E-state index is -0.789. The summed E-state index contributed by atoms with van der Waals surface area (Å²) in [5.74, 6) is -1.80. The van der Waals surface area contributed by atoms with Crippen LogP contribution in [0.1, 0.15) is 24.8 Å². The van der Waals surface area contributed by atoms with Gasteiger partial charge in [-0.3, -0.25) is 4.79 Å². The molecular weight excluding hydrogens is 252 g/mol. The highest BCUT2D eigenvalue weighted by Crippen LogP contribution is 2.22. The maximum atomic E-state index is 13.1. The molecule has 3 nitrogen and oxygen atoms in total. The number of piperidine rings is 1. The van der Waals surface area contributed by atoms with Crippen LogP contribution >= 0.6 is 0 Å². The van der Waals surface area contributed by atoms with E-state index in [0.717, 1.165) is 25.5 Å². The number of halogens is 2. The molecule has 1 aliphatic heterocycles. The fourth-order valence-electron chi connectivity index (χ4n) is 2.70. The lowest BCUT2D eigenvalue weighted by molar-refractivity contribution is -0.138. The molecule has 0 aliphatic carbocycles. The Morgan fingerprint density at radius 3 is 2.63 bits per heavy atom. The van der Waals surface area contributed by atoms with Crippen molar-refractivity contribution in [2.24, 2.45) is 5.92 Å². The molecule has 2 rings (SSSR count). The fraction of sp³-hybridized carbons (Fsp3) is 0.500. The van der Waals surface area contributed by atoms with E-state index in [2.05, 4.69) is 5.32 Å². The van der Waals surface area contributed by atoms with E-state index in [4.69, 9.17) is 5.11 Å². The summed E-state index contributed by atoms with van der Waals surface area (Å²) >= 11 is 0. The minimum absolute atomic E-state index is 0.0827. The third-order valence-corrected chi connectivity index (χ3v) is 3.47. The maximum absolute atomic E-state index is 13.1. The lowest BCUT2D eigenvalue weighted by Gasteiger charge is -2.29. The van der Waals surface area contributed by atoms with Gasteiger partial charge in [-0.1, -0.05) is 0 Å². The van der Waals surface area contributed by atoms with E-state index in [9.17, 15) is 13.6 Å². The molecule has 2 atom stereocenters. The average molecular weight is 269 g/mol. The lowest BCUT2D eigenvalue weighted by atomic mass is 9.87. The summed E-state index contributed by atoms with van der Waals surface area (Å²) in [4.78, 5) is 10.7. The molecule has 1 heterocycles. The quantitative estimate of drug-likeness (QED) is 0.882. The molecule has 1 fully saturated rings. The Labute approximate surface area is 110 Å². The molecule has 0 saturated carbocycles. The summed E-state index contributed by atoms with van der Waals surface area (Å²) in [6.45, 7) is 0.750. The number of carbonyl (C=O) groups is 1. The smallest absolute Gasteiger partial charge is 0.303 e. The van der Waals surface area contributed by atoms with Crippen LogP contribution in [0.5, 0.6) is 0 Å². The van der Waals surface area contributed by atoms with Crippen LogP contribution in [0.3, 0.4) is 0 Å². The number of rotatable bonds is 4. The van der Waals surface area contributed by atoms with Gasteiger partial charge >= 0.3 is 5.97 Å². The normalized spacial score (nSPS) is 23.3. The Hall–Kier alpha value is -1.49. The highest BCUT2D eigenvalue weighted by Gasteiger charge is 2.23. The van der Waals surface area contributed by atoms with Crippen molar-refractivity contribution in [3.63, 3.8) is 0 Å². The highest BCUT2D eigenvalue weighted by molar-refractivity contribution is 5.67. The van der Waals surface area contributed by atoms with Crippen molar-refractivity contribution < 1.29 is 18.7 Å². The van der Waals surface area contributed by atoms with E-state index >= 15 is 0 Å². The van der Waals surface area contributed by atoms with Crippen LogP contribution < -0.4 is 5.32 Å². The van der Waals surface area contributed by atoms with Crippen molar-refractivity contribution in [3.8, 4) is 0 Å². The van der Waals surface area contributed by atoms with Crippen molar-refractivity contribution in [2.45, 2.75) is 31.7 Å². The number of nitrogens with one attached hydrogen (secondary N) is 1. The van der Waals surface area contributed by atoms with E-state index < -0.39 is 17.6 Å². The van der Waals surface area contributed by atoms with Crippen LogP contribution in [0.4, 0.5) is 8.78 Å². The largest absolute Gasteiger partial charge is 0.481 e. The Morgan fingerprint density at radius 1 is 1.32 bits per heavy atom. The molecule has 104 valence electrons. The topological polar surface area (TPSA) is 49.3 Å². The second-order valence-corrected chi connectivity index (χ2v) is 5.12. The molecule has 0 radical (unpaired) electrons. The third kappa shape index (κ3) is 4.28. The predicted octanol–water partition coefficient (Wildman–Crippen LogP) is 2.35. The standard InChI is InChI=1S/C14H17F2NO2/c15-11-3-10(4-12(16)8-11)6-13-5-9(1-2-17-13)7-14(18)19/h3-4,8-9,13,17H,1-2,5-7H2,(H,18,19). The average Bonchev–Trinajstić information content (AvgIpc) is 2.26. The van der Waals surface area contributed by atoms with E-state index in [0.29, 0.717) is 12.0 Å². The second-order valence-electron chi connectivity index (χ2n) is 5.12. The SMILES string of the molecule is O=C(O)CC1CCNC(Cc2cc(F)cc(F)c2)C1. The van der Waals surface area contributed by atoms with Gasteiger partial charge in [-0.15, -0.1) is 0 Å². The van der Waals surface area contributed by atoms with Crippen molar-refractivity contribution in [3.05, 3.63) is 35.4 Å². The number of hydrogen-bond acceptors (Lipinski definition) is 2. The van der Waals surface area contributed by atoms with Gasteiger partial charge in [-0.25, -0.2) is 8.78 Å². The summed E-state index contributed by atoms with van der Waals surface area (Å²) in [5, 5.41) is 12.1. The zero-order valence-electron chi connectivity index (χ0n) is 10.5. The second kappa shape index (κ2) is 6.10. The van der Waals surface area contributed by atoms with Crippen molar-refractivity contribution >= 4 is 5.97 Å². The first-order valence-electron chi connectivity index (χ1n) is 6.43. The Balaban J connectivity index is 1.96. The number of hydrogen-bond donors (Lipinski definition) is 2. The van der Waals surface area contributed by atoms with Crippen molar-refractivity contribution in [1.29, 1.82) is 0 Å². The zero-order chi connectivity index (χ0) is 13.8. The van der Waals surface area contributed by atoms with Crippen LogP contribution in [0.2, 0.25) is 0 Å². The summed E-state index contributed by atoms with van der Waals surface area (Å²) in [6, 6.07) is 3.58. The number of aliphatic carboxylic acids is 1. The Morgan fingerprint density at radius 2 is 2.00 bits per heavy atom. The molecule has 2 unspecified atom stereocenters. The van der Waals surface area contributed by atoms with Gasteiger partial charge in [-0.2, -0.15) is 0 Å². The predicted molar refractivity (Wildman–Crippen MR) is 66.8 cm³/mol. The fourth-order valence-corrected chi connectivity index (χ4v) is 2.70. The lowest BCUT2D eigenvalue weighted by Crippen LogP contribution is -2.40. The Bertz CT molecular complexity index is 445. The van der Waals surface area contributed by atoms with Crippen molar-refractivity contribution in [2.75, 3.05) is 6.54 Å². The van der Waals surface area contributed by atoms with Crippen LogP contribution in [0.25, 0.3) is 0 Å². The van der Waals surface area contributed by atoms with Gasteiger partial charge in [0.25, 0.3) is 0 Å². The van der Waals surface area contributed by atoms with Gasteiger partial charge in [0.1, 0.15) is 11.6 Å². The van der Waals surface area contributed by atoms with E-state index in [1.807, 2.05) is 0 Å². The minimum Gasteiger partial charge on any atom is -0.481 e. The van der Waals surface area contributed by atoms with Gasteiger partial charge in [0.05, 0.1) is 0 Å². The molecule has 0 bridgehead atoms. The molecule has 1 aromatic rings. The number of carboxylic acids is 1. The van der Waals surface area contributed by atoms with Gasteiger partial charge < -0.3 is 10.4 Å². The third-order valence-electron chi connectivity index (χ3n) is 3.47. The van der Waals surface area contributed by atoms with E-state index in [1.165, 1.54) is 12.1 Å². The first-order valence-corrected chi connectivity index (χ1v) is 6.43. The Kier molecular flexibility index (Phi) is 4.47. The van der Waals surface area contributed by atoms with Gasteiger partial charge in [0.2, 0.25) is 0 Å². The summed E-state index contributed by atoms with van der Waals surface area (Å²) in [6.07, 6.45) is 2.24. The molecule has 2 N–H and O–H groups in total. The number of benzene rings is 1. The van der Waals surface area contributed by atoms with Crippen LogP contribution in [-0.2, 0) is 11.2 Å². The zero-order valence-corrected chi connectivity index (χ0v) is 10.5. The van der Waals surface area contributed by atoms with Gasteiger partial charge in [0.15, 0.2) is 0 Å². The molecular formula is C14H17F2NO2. The summed E-state index contributed by atoms with van der Waals surface area (Å²) in [7, 11) is 0. The molecule has 0 aromatic heterocycles. The van der Waals surface area contributed by atoms with Gasteiger partial charge in [0, 0.05) is 18.5 Å². The molecule has 0 amide bonds. The first kappa shape index (κ1) is 13.9. The van der Waals surface area contributed by atoms with Crippen LogP contribution in [-0.4, -0.2) is 23.7 Å². The van der Waals surface area contributed by atoms with Crippen LogP contribution in [0.15, 0.2) is 18.2 Å². The van der Waals surface area contributed by atoms with Crippen molar-refractivity contribution in [1.82, 2.24) is 5.32 Å². The molecule has 19 heavy (non-hydrogen) atoms. The monoisotopic (exact) mass is 269 g/mol. The van der Waals surface area contributed by atoms with Gasteiger partial charge in [-0.05, 0) is 49.4 Å². The van der Waals surface area contributed by atoms with Crippen LogP contribution in [0, 0.1) is 17.6 Å². The number of carboxylic acid groups (broad SMARTS) is 1. The van der Waals surface area contributed by atoms with E-state index in [-0.39, 0.29) is 18.4 Å². The molecule has 1 aliphatic rings. The molecule has 1 aromatic carbocycles.